The molecule has 0 aromatic rings. The van der Waals surface area contributed by atoms with Gasteiger partial charge in [0.25, 0.3) is 0 Å². The molecular formula is C14H26N2O. The van der Waals surface area contributed by atoms with Gasteiger partial charge in [0.1, 0.15) is 0 Å². The summed E-state index contributed by atoms with van der Waals surface area (Å²) in [7, 11) is 0. The van der Waals surface area contributed by atoms with E-state index >= 15 is 0 Å². The highest BCUT2D eigenvalue weighted by Crippen LogP contribution is 2.58. The summed E-state index contributed by atoms with van der Waals surface area (Å²) >= 11 is 0. The predicted molar refractivity (Wildman–Crippen MR) is 68.7 cm³/mol. The first-order valence-electron chi connectivity index (χ1n) is 7.14. The second-order valence-corrected chi connectivity index (χ2v) is 6.84. The van der Waals surface area contributed by atoms with Crippen LogP contribution in [-0.2, 0) is 4.74 Å². The molecule has 2 aliphatic carbocycles. The normalized spacial score (nSPS) is 50.8. The van der Waals surface area contributed by atoms with Gasteiger partial charge in [-0.3, -0.25) is 0 Å². The maximum Gasteiger partial charge on any atom is 0.0691 e. The Morgan fingerprint density at radius 3 is 2.82 bits per heavy atom. The lowest BCUT2D eigenvalue weighted by atomic mass is 9.48. The van der Waals surface area contributed by atoms with Crippen LogP contribution in [0.4, 0.5) is 0 Å². The second kappa shape index (κ2) is 3.69. The molecule has 0 aromatic carbocycles. The van der Waals surface area contributed by atoms with E-state index in [9.17, 15) is 0 Å². The van der Waals surface area contributed by atoms with Gasteiger partial charge >= 0.3 is 0 Å². The molecule has 5 atom stereocenters. The maximum atomic E-state index is 6.69. The summed E-state index contributed by atoms with van der Waals surface area (Å²) in [5.74, 6) is 1.47. The van der Waals surface area contributed by atoms with Crippen LogP contribution in [0.2, 0.25) is 0 Å². The molecule has 1 saturated heterocycles. The maximum absolute atomic E-state index is 6.69. The fourth-order valence-corrected chi connectivity index (χ4v) is 4.08. The Balaban J connectivity index is 1.61. The summed E-state index contributed by atoms with van der Waals surface area (Å²) in [5, 5.41) is 3.69. The average molecular weight is 238 g/mol. The van der Waals surface area contributed by atoms with E-state index in [0.29, 0.717) is 12.0 Å². The lowest BCUT2D eigenvalue weighted by Crippen LogP contribution is -2.78. The highest BCUT2D eigenvalue weighted by atomic mass is 16.5. The third-order valence-electron chi connectivity index (χ3n) is 5.77. The second-order valence-electron chi connectivity index (χ2n) is 6.84. The molecule has 98 valence electrons. The van der Waals surface area contributed by atoms with E-state index in [4.69, 9.17) is 10.5 Å². The summed E-state index contributed by atoms with van der Waals surface area (Å²) in [6, 6.07) is 0.734. The van der Waals surface area contributed by atoms with E-state index < -0.39 is 0 Å². The lowest BCUT2D eigenvalue weighted by Gasteiger charge is -2.62. The van der Waals surface area contributed by atoms with Crippen LogP contribution in [0.15, 0.2) is 0 Å². The van der Waals surface area contributed by atoms with E-state index in [1.807, 2.05) is 0 Å². The van der Waals surface area contributed by atoms with E-state index in [0.717, 1.165) is 31.5 Å². The van der Waals surface area contributed by atoms with Gasteiger partial charge in [0.2, 0.25) is 0 Å². The first kappa shape index (κ1) is 11.9. The van der Waals surface area contributed by atoms with Crippen molar-refractivity contribution < 1.29 is 4.74 Å². The number of rotatable bonds is 4. The van der Waals surface area contributed by atoms with Gasteiger partial charge in [-0.25, -0.2) is 0 Å². The molecule has 3 rings (SSSR count). The zero-order valence-electron chi connectivity index (χ0n) is 11.3. The molecule has 3 nitrogen and oxygen atoms in total. The van der Waals surface area contributed by atoms with E-state index in [1.54, 1.807) is 0 Å². The van der Waals surface area contributed by atoms with Crippen molar-refractivity contribution >= 4 is 0 Å². The van der Waals surface area contributed by atoms with Gasteiger partial charge in [-0.2, -0.15) is 0 Å². The minimum Gasteiger partial charge on any atom is -0.377 e. The predicted octanol–water partition coefficient (Wildman–Crippen LogP) is 1.52. The molecule has 3 N–H and O–H groups in total. The molecule has 0 amide bonds. The topological polar surface area (TPSA) is 47.3 Å². The Morgan fingerprint density at radius 1 is 1.41 bits per heavy atom. The van der Waals surface area contributed by atoms with Crippen molar-refractivity contribution in [2.24, 2.45) is 23.0 Å². The number of hydrogen-bond donors (Lipinski definition) is 2. The third-order valence-corrected chi connectivity index (χ3v) is 5.77. The van der Waals surface area contributed by atoms with Crippen molar-refractivity contribution in [2.45, 2.75) is 57.7 Å². The summed E-state index contributed by atoms with van der Waals surface area (Å²) < 4.78 is 5.82. The monoisotopic (exact) mass is 238 g/mol. The van der Waals surface area contributed by atoms with E-state index in [2.05, 4.69) is 26.1 Å². The van der Waals surface area contributed by atoms with Gasteiger partial charge in [0.15, 0.2) is 0 Å². The van der Waals surface area contributed by atoms with Gasteiger partial charge in [-0.15, -0.1) is 0 Å². The molecule has 3 aliphatic rings. The molecule has 3 fully saturated rings. The largest absolute Gasteiger partial charge is 0.377 e. The molecule has 1 heterocycles. The first-order chi connectivity index (χ1) is 8.00. The lowest BCUT2D eigenvalue weighted by molar-refractivity contribution is -0.153. The zero-order valence-corrected chi connectivity index (χ0v) is 11.3. The Bertz CT molecular complexity index is 317. The minimum atomic E-state index is -0.0605. The van der Waals surface area contributed by atoms with Crippen LogP contribution < -0.4 is 11.1 Å². The van der Waals surface area contributed by atoms with Gasteiger partial charge in [0.05, 0.1) is 6.10 Å². The summed E-state index contributed by atoms with van der Waals surface area (Å²) in [6.07, 6.45) is 4.19. The molecule has 1 aliphatic heterocycles. The van der Waals surface area contributed by atoms with Crippen molar-refractivity contribution in [2.75, 3.05) is 13.2 Å². The highest BCUT2D eigenvalue weighted by Gasteiger charge is 2.67. The fourth-order valence-electron chi connectivity index (χ4n) is 4.08. The van der Waals surface area contributed by atoms with Gasteiger partial charge in [-0.05, 0) is 18.8 Å². The number of nitrogens with one attached hydrogen (secondary N) is 1. The summed E-state index contributed by atoms with van der Waals surface area (Å²) in [5.41, 5.74) is 6.75. The number of hydrogen-bond acceptors (Lipinski definition) is 3. The molecule has 0 aromatic heterocycles. The number of nitrogens with two attached hydrogens (primary N) is 1. The Hall–Kier alpha value is -0.120. The molecule has 0 bridgehead atoms. The van der Waals surface area contributed by atoms with Gasteiger partial charge in [-0.1, -0.05) is 27.2 Å². The van der Waals surface area contributed by atoms with E-state index in [1.165, 1.54) is 12.8 Å². The van der Waals surface area contributed by atoms with Crippen LogP contribution in [0.1, 0.15) is 40.0 Å². The van der Waals surface area contributed by atoms with E-state index in [-0.39, 0.29) is 11.0 Å². The van der Waals surface area contributed by atoms with Crippen LogP contribution in [0.3, 0.4) is 0 Å². The van der Waals surface area contributed by atoms with Gasteiger partial charge in [0, 0.05) is 36.1 Å². The SMILES string of the molecule is CCC1CC1NCC1(N)C2CCOC2C1(C)C. The molecular weight excluding hydrogens is 212 g/mol. The molecule has 17 heavy (non-hydrogen) atoms. The van der Waals surface area contributed by atoms with Crippen LogP contribution in [0.5, 0.6) is 0 Å². The zero-order chi connectivity index (χ0) is 12.3. The molecule has 5 unspecified atom stereocenters. The molecule has 0 radical (unpaired) electrons. The molecule has 3 heteroatoms. The van der Waals surface area contributed by atoms with Crippen molar-refractivity contribution in [3.8, 4) is 0 Å². The number of fused-ring (bicyclic) bond motifs is 1. The summed E-state index contributed by atoms with van der Waals surface area (Å²) in [6.45, 7) is 8.68. The van der Waals surface area contributed by atoms with Crippen molar-refractivity contribution in [1.82, 2.24) is 5.32 Å². The van der Waals surface area contributed by atoms with Crippen LogP contribution in [-0.4, -0.2) is 30.8 Å². The standard InChI is InChI=1S/C14H26N2O/c1-4-9-7-11(9)16-8-14(15)10-5-6-17-12(10)13(14,2)3/h9-12,16H,4-8,15H2,1-3H3. The Labute approximate surface area is 104 Å². The first-order valence-corrected chi connectivity index (χ1v) is 7.14. The van der Waals surface area contributed by atoms with Crippen molar-refractivity contribution in [3.05, 3.63) is 0 Å². The van der Waals surface area contributed by atoms with Gasteiger partial charge < -0.3 is 15.8 Å². The summed E-state index contributed by atoms with van der Waals surface area (Å²) in [4.78, 5) is 0. The molecule has 2 saturated carbocycles. The van der Waals surface area contributed by atoms with Crippen LogP contribution >= 0.6 is 0 Å². The Kier molecular flexibility index (Phi) is 2.59. The third kappa shape index (κ3) is 1.52. The highest BCUT2D eigenvalue weighted by molar-refractivity contribution is 5.22. The van der Waals surface area contributed by atoms with Crippen molar-refractivity contribution in [1.29, 1.82) is 0 Å². The quantitative estimate of drug-likeness (QED) is 0.780. The average Bonchev–Trinajstić information content (AvgIpc) is 2.89. The Morgan fingerprint density at radius 2 is 2.18 bits per heavy atom. The number of ether oxygens (including phenoxy) is 1. The van der Waals surface area contributed by atoms with Crippen molar-refractivity contribution in [3.63, 3.8) is 0 Å². The van der Waals surface area contributed by atoms with Crippen LogP contribution in [0, 0.1) is 17.3 Å². The van der Waals surface area contributed by atoms with Crippen LogP contribution in [0.25, 0.3) is 0 Å². The fraction of sp³-hybridized carbons (Fsp3) is 1.00. The smallest absolute Gasteiger partial charge is 0.0691 e. The minimum absolute atomic E-state index is 0.0605. The molecule has 0 spiro atoms.